The van der Waals surface area contributed by atoms with Gasteiger partial charge in [-0.3, -0.25) is 9.10 Å². The second-order valence-corrected chi connectivity index (χ2v) is 10.8. The lowest BCUT2D eigenvalue weighted by molar-refractivity contribution is 0.102. The molecule has 1 heterocycles. The van der Waals surface area contributed by atoms with Crippen molar-refractivity contribution >= 4 is 33.0 Å². The Morgan fingerprint density at radius 2 is 1.62 bits per heavy atom. The van der Waals surface area contributed by atoms with Gasteiger partial charge in [0.25, 0.3) is 5.91 Å². The number of carbonyl (C=O) groups excluding carboxylic acids is 1. The van der Waals surface area contributed by atoms with Gasteiger partial charge in [-0.15, -0.1) is 0 Å². The fourth-order valence-corrected chi connectivity index (χ4v) is 5.10. The van der Waals surface area contributed by atoms with Crippen LogP contribution in [0, 0.1) is 6.92 Å². The summed E-state index contributed by atoms with van der Waals surface area (Å²) in [5.41, 5.74) is 4.86. The number of hydrogen-bond acceptors (Lipinski definition) is 4. The summed E-state index contributed by atoms with van der Waals surface area (Å²) in [4.78, 5) is 15.1. The smallest absolute Gasteiger partial charge is 0.255 e. The zero-order valence-electron chi connectivity index (χ0n) is 19.7. The van der Waals surface area contributed by atoms with Crippen LogP contribution >= 0.6 is 0 Å². The number of nitrogens with zero attached hydrogens (tertiary/aromatic N) is 2. The Hall–Kier alpha value is -3.32. The molecule has 1 saturated heterocycles. The molecule has 178 valence electrons. The quantitative estimate of drug-likeness (QED) is 0.508. The van der Waals surface area contributed by atoms with Gasteiger partial charge in [0.1, 0.15) is 0 Å². The maximum atomic E-state index is 12.7. The van der Waals surface area contributed by atoms with Crippen LogP contribution in [0.2, 0.25) is 0 Å². The molecule has 0 bridgehead atoms. The predicted molar refractivity (Wildman–Crippen MR) is 139 cm³/mol. The van der Waals surface area contributed by atoms with E-state index in [0.29, 0.717) is 11.3 Å². The highest BCUT2D eigenvalue weighted by Crippen LogP contribution is 2.23. The van der Waals surface area contributed by atoms with Crippen molar-refractivity contribution in [3.63, 3.8) is 0 Å². The van der Waals surface area contributed by atoms with Crippen LogP contribution in [0.4, 0.5) is 17.1 Å². The minimum Gasteiger partial charge on any atom is -0.372 e. The molecule has 0 aliphatic carbocycles. The maximum absolute atomic E-state index is 12.7. The monoisotopic (exact) mass is 477 g/mol. The normalized spacial score (nSPS) is 14.0. The van der Waals surface area contributed by atoms with Crippen molar-refractivity contribution in [1.29, 1.82) is 0 Å². The van der Waals surface area contributed by atoms with Gasteiger partial charge in [-0.1, -0.05) is 24.3 Å². The molecule has 6 nitrogen and oxygen atoms in total. The molecule has 4 rings (SSSR count). The summed E-state index contributed by atoms with van der Waals surface area (Å²) in [6.45, 7) is 4.29. The third kappa shape index (κ3) is 5.97. The van der Waals surface area contributed by atoms with E-state index in [0.717, 1.165) is 29.9 Å². The molecule has 0 unspecified atom stereocenters. The number of hydrogen-bond donors (Lipinski definition) is 1. The van der Waals surface area contributed by atoms with Gasteiger partial charge >= 0.3 is 0 Å². The van der Waals surface area contributed by atoms with Crippen molar-refractivity contribution in [2.75, 3.05) is 33.9 Å². The fourth-order valence-electron chi connectivity index (χ4n) is 4.22. The van der Waals surface area contributed by atoms with Crippen LogP contribution in [0.3, 0.4) is 0 Å². The van der Waals surface area contributed by atoms with Crippen molar-refractivity contribution in [1.82, 2.24) is 0 Å². The molecule has 0 saturated carbocycles. The third-order valence-electron chi connectivity index (χ3n) is 6.08. The van der Waals surface area contributed by atoms with Gasteiger partial charge in [0.2, 0.25) is 10.0 Å². The minimum absolute atomic E-state index is 0.197. The first-order valence-corrected chi connectivity index (χ1v) is 13.4. The summed E-state index contributed by atoms with van der Waals surface area (Å²) >= 11 is 0. The van der Waals surface area contributed by atoms with Crippen LogP contribution in [-0.2, 0) is 16.6 Å². The highest BCUT2D eigenvalue weighted by atomic mass is 32.2. The maximum Gasteiger partial charge on any atom is 0.255 e. The van der Waals surface area contributed by atoms with Crippen molar-refractivity contribution < 1.29 is 13.2 Å². The van der Waals surface area contributed by atoms with E-state index in [4.69, 9.17) is 0 Å². The highest BCUT2D eigenvalue weighted by Gasteiger charge is 2.18. The Kier molecular flexibility index (Phi) is 7.22. The van der Waals surface area contributed by atoms with Crippen LogP contribution in [0.1, 0.15) is 40.7 Å². The Labute approximate surface area is 202 Å². The average molecular weight is 478 g/mol. The molecule has 0 radical (unpaired) electrons. The molecule has 0 spiro atoms. The Morgan fingerprint density at radius 1 is 0.941 bits per heavy atom. The van der Waals surface area contributed by atoms with Crippen LogP contribution in [-0.4, -0.2) is 33.7 Å². The van der Waals surface area contributed by atoms with Crippen molar-refractivity contribution in [3.8, 4) is 0 Å². The number of carbonyl (C=O) groups is 1. The van der Waals surface area contributed by atoms with Gasteiger partial charge < -0.3 is 10.2 Å². The summed E-state index contributed by atoms with van der Waals surface area (Å²) in [5.74, 6) is -0.198. The standard InChI is InChI=1S/C27H31N3O3S/c1-21-7-6-8-26(19-21)30(34(2,32)33)20-22-9-11-23(12-10-22)27(31)28-24-13-15-25(16-14-24)29-17-4-3-5-18-29/h6-16,19H,3-5,17-18,20H2,1-2H3,(H,28,31). The van der Waals surface area contributed by atoms with E-state index in [9.17, 15) is 13.2 Å². The first-order chi connectivity index (χ1) is 16.3. The molecule has 1 aliphatic rings. The van der Waals surface area contributed by atoms with Crippen molar-refractivity contribution in [3.05, 3.63) is 89.5 Å². The van der Waals surface area contributed by atoms with E-state index < -0.39 is 10.0 Å². The molecule has 34 heavy (non-hydrogen) atoms. The predicted octanol–water partition coefficient (Wildman–Crippen LogP) is 5.20. The number of benzene rings is 3. The highest BCUT2D eigenvalue weighted by molar-refractivity contribution is 7.92. The summed E-state index contributed by atoms with van der Waals surface area (Å²) in [7, 11) is -3.46. The van der Waals surface area contributed by atoms with Crippen LogP contribution < -0.4 is 14.5 Å². The molecule has 1 amide bonds. The lowest BCUT2D eigenvalue weighted by atomic mass is 10.1. The summed E-state index contributed by atoms with van der Waals surface area (Å²) in [6.07, 6.45) is 4.94. The molecule has 1 fully saturated rings. The van der Waals surface area contributed by atoms with Gasteiger partial charge in [0.05, 0.1) is 18.5 Å². The van der Waals surface area contributed by atoms with E-state index in [2.05, 4.69) is 22.3 Å². The largest absolute Gasteiger partial charge is 0.372 e. The van der Waals surface area contributed by atoms with E-state index in [-0.39, 0.29) is 12.5 Å². The number of nitrogens with one attached hydrogen (secondary N) is 1. The van der Waals surface area contributed by atoms with Crippen LogP contribution in [0.5, 0.6) is 0 Å². The molecule has 7 heteroatoms. The molecular weight excluding hydrogens is 446 g/mol. The fraction of sp³-hybridized carbons (Fsp3) is 0.296. The van der Waals surface area contributed by atoms with Crippen LogP contribution in [0.15, 0.2) is 72.8 Å². The number of rotatable bonds is 7. The lowest BCUT2D eigenvalue weighted by Gasteiger charge is -2.28. The molecular formula is C27H31N3O3S. The van der Waals surface area contributed by atoms with Gasteiger partial charge in [-0.05, 0) is 85.8 Å². The molecule has 0 aromatic heterocycles. The van der Waals surface area contributed by atoms with E-state index in [1.165, 1.54) is 35.5 Å². The average Bonchev–Trinajstić information content (AvgIpc) is 2.83. The molecule has 3 aromatic carbocycles. The third-order valence-corrected chi connectivity index (χ3v) is 7.22. The van der Waals surface area contributed by atoms with E-state index in [1.807, 2.05) is 37.3 Å². The van der Waals surface area contributed by atoms with Crippen LogP contribution in [0.25, 0.3) is 0 Å². The Bertz CT molecular complexity index is 1230. The summed E-state index contributed by atoms with van der Waals surface area (Å²) in [5, 5.41) is 2.94. The molecule has 0 atom stereocenters. The SMILES string of the molecule is Cc1cccc(N(Cc2ccc(C(=O)Nc3ccc(N4CCCCC4)cc3)cc2)S(C)(=O)=O)c1. The summed E-state index contributed by atoms with van der Waals surface area (Å²) in [6, 6.07) is 22.4. The minimum atomic E-state index is -3.46. The zero-order valence-corrected chi connectivity index (χ0v) is 20.5. The van der Waals surface area contributed by atoms with Crippen molar-refractivity contribution in [2.24, 2.45) is 0 Å². The molecule has 3 aromatic rings. The van der Waals surface area contributed by atoms with Gasteiger partial charge in [-0.2, -0.15) is 0 Å². The lowest BCUT2D eigenvalue weighted by Crippen LogP contribution is -2.29. The number of sulfonamides is 1. The number of anilines is 3. The van der Waals surface area contributed by atoms with E-state index >= 15 is 0 Å². The number of amides is 1. The number of aryl methyl sites for hydroxylation is 1. The second kappa shape index (κ2) is 10.3. The van der Waals surface area contributed by atoms with Gasteiger partial charge in [0.15, 0.2) is 0 Å². The van der Waals surface area contributed by atoms with Crippen molar-refractivity contribution in [2.45, 2.75) is 32.7 Å². The Balaban J connectivity index is 1.42. The topological polar surface area (TPSA) is 69.7 Å². The molecule has 1 aliphatic heterocycles. The first-order valence-electron chi connectivity index (χ1n) is 11.6. The van der Waals surface area contributed by atoms with Gasteiger partial charge in [-0.25, -0.2) is 8.42 Å². The number of piperidine rings is 1. The zero-order chi connectivity index (χ0) is 24.1. The van der Waals surface area contributed by atoms with E-state index in [1.54, 1.807) is 30.3 Å². The van der Waals surface area contributed by atoms with Gasteiger partial charge in [0, 0.05) is 30.0 Å². The Morgan fingerprint density at radius 3 is 2.24 bits per heavy atom. The second-order valence-electron chi connectivity index (χ2n) is 8.85. The summed E-state index contributed by atoms with van der Waals surface area (Å²) < 4.78 is 26.2. The first kappa shape index (κ1) is 23.8. The molecule has 1 N–H and O–H groups in total.